The summed E-state index contributed by atoms with van der Waals surface area (Å²) in [6, 6.07) is 3.43. The fourth-order valence-corrected chi connectivity index (χ4v) is 2.51. The van der Waals surface area contributed by atoms with Gasteiger partial charge >= 0.3 is 5.72 Å². The van der Waals surface area contributed by atoms with E-state index in [1.807, 2.05) is 0 Å². The van der Waals surface area contributed by atoms with Crippen LogP contribution in [0.15, 0.2) is 18.5 Å². The lowest BCUT2D eigenvalue weighted by Gasteiger charge is -2.12. The van der Waals surface area contributed by atoms with Crippen LogP contribution in [0.3, 0.4) is 0 Å². The Morgan fingerprint density at radius 2 is 2.40 bits per heavy atom. The Hall–Kier alpha value is -2.21. The van der Waals surface area contributed by atoms with E-state index in [1.165, 1.54) is 10.8 Å². The Bertz CT molecular complexity index is 694. The van der Waals surface area contributed by atoms with E-state index in [9.17, 15) is 10.2 Å². The molecule has 8 heteroatoms. The molecule has 3 atom stereocenters. The van der Waals surface area contributed by atoms with Crippen LogP contribution in [-0.4, -0.2) is 43.6 Å². The Kier molecular flexibility index (Phi) is 2.83. The van der Waals surface area contributed by atoms with Crippen molar-refractivity contribution in [2.45, 2.75) is 24.4 Å². The molecular formula is C12H14N5O3+. The van der Waals surface area contributed by atoms with Crippen molar-refractivity contribution in [3.8, 4) is 6.57 Å². The van der Waals surface area contributed by atoms with E-state index in [1.54, 1.807) is 12.1 Å². The summed E-state index contributed by atoms with van der Waals surface area (Å²) in [6.07, 6.45) is -0.167. The van der Waals surface area contributed by atoms with Gasteiger partial charge in [-0.2, -0.15) is 5.10 Å². The molecule has 8 nitrogen and oxygen atoms in total. The number of aliphatic hydroxyl groups excluding tert-OH is 2. The molecule has 0 aromatic carbocycles. The highest BCUT2D eigenvalue weighted by molar-refractivity contribution is 5.65. The van der Waals surface area contributed by atoms with Crippen molar-refractivity contribution in [1.82, 2.24) is 14.6 Å². The van der Waals surface area contributed by atoms with Crippen LogP contribution in [0.4, 0.5) is 5.82 Å². The number of fused-ring (bicyclic) bond motifs is 1. The van der Waals surface area contributed by atoms with Gasteiger partial charge in [-0.1, -0.05) is 0 Å². The maximum Gasteiger partial charge on any atom is 0.430 e. The molecule has 1 fully saturated rings. The van der Waals surface area contributed by atoms with Crippen LogP contribution in [0, 0.1) is 6.57 Å². The number of anilines is 1. The van der Waals surface area contributed by atoms with Crippen molar-refractivity contribution in [1.29, 1.82) is 0 Å². The second-order valence-corrected chi connectivity index (χ2v) is 4.68. The van der Waals surface area contributed by atoms with Crippen LogP contribution in [0.5, 0.6) is 0 Å². The van der Waals surface area contributed by atoms with Gasteiger partial charge in [-0.15, -0.1) is 0 Å². The van der Waals surface area contributed by atoms with Crippen molar-refractivity contribution in [3.05, 3.63) is 29.0 Å². The van der Waals surface area contributed by atoms with Crippen LogP contribution in [0.2, 0.25) is 0 Å². The molecule has 1 saturated heterocycles. The van der Waals surface area contributed by atoms with Gasteiger partial charge in [0.05, 0.1) is 19.1 Å². The highest BCUT2D eigenvalue weighted by Gasteiger charge is 2.58. The normalized spacial score (nSPS) is 29.6. The molecule has 2 aromatic rings. The zero-order chi connectivity index (χ0) is 14.3. The van der Waals surface area contributed by atoms with Crippen molar-refractivity contribution in [2.75, 3.05) is 12.3 Å². The third-order valence-corrected chi connectivity index (χ3v) is 3.53. The molecule has 104 valence electrons. The standard InChI is InChI=1S/C12H14N5O3/c1-14-12(4-8(19)9(5-18)20-12)10-3-2-7-11(13)15-6-16-17(7)10/h1-3,6,8-9,18-19H,4-5H2,(H2,13,15,16)/q+1/t8-,9+,12+/m0/s1. The van der Waals surface area contributed by atoms with Crippen molar-refractivity contribution in [3.63, 3.8) is 0 Å². The second-order valence-electron chi connectivity index (χ2n) is 4.68. The highest BCUT2D eigenvalue weighted by atomic mass is 16.6. The minimum Gasteiger partial charge on any atom is -0.394 e. The van der Waals surface area contributed by atoms with Gasteiger partial charge < -0.3 is 15.9 Å². The molecule has 3 rings (SSSR count). The number of hydrogen-bond acceptors (Lipinski definition) is 6. The molecule has 1 aliphatic rings. The minimum absolute atomic E-state index is 0.130. The smallest absolute Gasteiger partial charge is 0.394 e. The Morgan fingerprint density at radius 3 is 3.05 bits per heavy atom. The Labute approximate surface area is 114 Å². The molecule has 0 aliphatic carbocycles. The van der Waals surface area contributed by atoms with Gasteiger partial charge in [-0.05, 0) is 17.0 Å². The van der Waals surface area contributed by atoms with E-state index in [-0.39, 0.29) is 13.0 Å². The predicted octanol–water partition coefficient (Wildman–Crippen LogP) is -0.431. The summed E-state index contributed by atoms with van der Waals surface area (Å²) in [5.41, 5.74) is 5.63. The zero-order valence-electron chi connectivity index (χ0n) is 10.5. The van der Waals surface area contributed by atoms with Crippen LogP contribution < -0.4 is 5.73 Å². The van der Waals surface area contributed by atoms with Crippen LogP contribution in [0.1, 0.15) is 12.1 Å². The van der Waals surface area contributed by atoms with Gasteiger partial charge in [0.1, 0.15) is 17.9 Å². The van der Waals surface area contributed by atoms with Gasteiger partial charge in [0.15, 0.2) is 11.5 Å². The summed E-state index contributed by atoms with van der Waals surface area (Å²) < 4.78 is 7.16. The molecular weight excluding hydrogens is 262 g/mol. The molecule has 20 heavy (non-hydrogen) atoms. The van der Waals surface area contributed by atoms with Gasteiger partial charge in [-0.25, -0.2) is 9.50 Å². The summed E-state index contributed by atoms with van der Waals surface area (Å²) in [5, 5.41) is 23.2. The SMILES string of the molecule is C#[N+][C@]1(c2ccc3c(N)ncnn23)C[C@H](O)[C@@H](CO)O1. The Morgan fingerprint density at radius 1 is 1.60 bits per heavy atom. The third kappa shape index (κ3) is 1.65. The summed E-state index contributed by atoms with van der Waals surface area (Å²) in [5.74, 6) is 0.315. The molecule has 0 saturated carbocycles. The van der Waals surface area contributed by atoms with E-state index in [0.717, 1.165) is 0 Å². The van der Waals surface area contributed by atoms with Crippen LogP contribution in [0.25, 0.3) is 10.4 Å². The first-order valence-corrected chi connectivity index (χ1v) is 6.09. The summed E-state index contributed by atoms with van der Waals surface area (Å²) in [6.45, 7) is 5.17. The molecule has 0 radical (unpaired) electrons. The largest absolute Gasteiger partial charge is 0.430 e. The molecule has 0 unspecified atom stereocenters. The van der Waals surface area contributed by atoms with E-state index >= 15 is 0 Å². The topological polar surface area (TPSA) is 110 Å². The zero-order valence-corrected chi connectivity index (χ0v) is 10.5. The monoisotopic (exact) mass is 276 g/mol. The molecule has 2 aromatic heterocycles. The predicted molar refractivity (Wildman–Crippen MR) is 70.0 cm³/mol. The summed E-state index contributed by atoms with van der Waals surface area (Å²) >= 11 is 0. The van der Waals surface area contributed by atoms with Crippen LogP contribution in [-0.2, 0) is 10.5 Å². The quantitative estimate of drug-likeness (QED) is 0.686. The average molecular weight is 276 g/mol. The average Bonchev–Trinajstić information content (AvgIpc) is 3.01. The van der Waals surface area contributed by atoms with Gasteiger partial charge in [0, 0.05) is 0 Å². The lowest BCUT2D eigenvalue weighted by Crippen LogP contribution is -2.27. The van der Waals surface area contributed by atoms with Crippen molar-refractivity contribution in [2.24, 2.45) is 0 Å². The molecule has 1 aliphatic heterocycles. The Balaban J connectivity index is 2.14. The summed E-state index contributed by atoms with van der Waals surface area (Å²) in [7, 11) is 0. The number of aromatic nitrogens is 3. The van der Waals surface area contributed by atoms with E-state index in [0.29, 0.717) is 17.0 Å². The number of hydrogen-bond donors (Lipinski definition) is 3. The van der Waals surface area contributed by atoms with Crippen molar-refractivity contribution < 1.29 is 14.9 Å². The van der Waals surface area contributed by atoms with Gasteiger partial charge in [0.25, 0.3) is 6.57 Å². The van der Waals surface area contributed by atoms with E-state index in [4.69, 9.17) is 17.0 Å². The number of ether oxygens (including phenoxy) is 1. The van der Waals surface area contributed by atoms with Crippen molar-refractivity contribution >= 4 is 11.3 Å². The fraction of sp³-hybridized carbons (Fsp3) is 0.417. The fourth-order valence-electron chi connectivity index (χ4n) is 2.51. The second kappa shape index (κ2) is 4.42. The summed E-state index contributed by atoms with van der Waals surface area (Å²) in [4.78, 5) is 7.67. The number of nitrogens with two attached hydrogens (primary N) is 1. The maximum absolute atomic E-state index is 9.91. The lowest BCUT2D eigenvalue weighted by molar-refractivity contribution is -0.0564. The maximum atomic E-state index is 9.91. The first-order chi connectivity index (χ1) is 9.61. The molecule has 3 heterocycles. The van der Waals surface area contributed by atoms with E-state index < -0.39 is 17.9 Å². The van der Waals surface area contributed by atoms with Crippen LogP contribution >= 0.6 is 0 Å². The number of nitrogens with zero attached hydrogens (tertiary/aromatic N) is 4. The minimum atomic E-state index is -1.26. The van der Waals surface area contributed by atoms with E-state index in [2.05, 4.69) is 14.9 Å². The number of aliphatic hydroxyl groups is 2. The lowest BCUT2D eigenvalue weighted by atomic mass is 10.0. The first-order valence-electron chi connectivity index (χ1n) is 6.09. The first kappa shape index (κ1) is 12.8. The number of rotatable bonds is 2. The van der Waals surface area contributed by atoms with Gasteiger partial charge in [0.2, 0.25) is 0 Å². The molecule has 0 amide bonds. The molecule has 0 spiro atoms. The van der Waals surface area contributed by atoms with Gasteiger partial charge in [-0.3, -0.25) is 4.74 Å². The molecule has 0 bridgehead atoms. The number of nitrogen functional groups attached to an aromatic ring is 1. The third-order valence-electron chi connectivity index (χ3n) is 3.53. The highest BCUT2D eigenvalue weighted by Crippen LogP contribution is 2.41. The molecule has 4 N–H and O–H groups in total.